The molecule has 0 atom stereocenters. The fourth-order valence-electron chi connectivity index (χ4n) is 2.76. The average Bonchev–Trinajstić information content (AvgIpc) is 2.32. The topological polar surface area (TPSA) is 55.1 Å². The lowest BCUT2D eigenvalue weighted by Gasteiger charge is -2.33. The first-order valence-corrected chi connectivity index (χ1v) is 6.99. The van der Waals surface area contributed by atoms with Gasteiger partial charge in [-0.2, -0.15) is 0 Å². The second kappa shape index (κ2) is 5.33. The van der Waals surface area contributed by atoms with Crippen molar-refractivity contribution in [3.8, 4) is 0 Å². The number of nitrogens with one attached hydrogen (secondary N) is 1. The Bertz CT molecular complexity index is 462. The Hall–Kier alpha value is -1.35. The summed E-state index contributed by atoms with van der Waals surface area (Å²) in [7, 11) is 0. The van der Waals surface area contributed by atoms with Gasteiger partial charge in [-0.05, 0) is 30.9 Å². The van der Waals surface area contributed by atoms with Gasteiger partial charge in [0.2, 0.25) is 5.91 Å². The molecule has 0 spiro atoms. The fraction of sp³-hybridized carbons (Fsp3) is 0.562. The van der Waals surface area contributed by atoms with Gasteiger partial charge in [-0.15, -0.1) is 0 Å². The van der Waals surface area contributed by atoms with E-state index in [4.69, 9.17) is 5.73 Å². The molecule has 3 N–H and O–H groups in total. The van der Waals surface area contributed by atoms with Crippen molar-refractivity contribution in [2.24, 2.45) is 11.7 Å². The van der Waals surface area contributed by atoms with Crippen LogP contribution in [0, 0.1) is 12.8 Å². The van der Waals surface area contributed by atoms with Crippen LogP contribution in [0.5, 0.6) is 0 Å². The summed E-state index contributed by atoms with van der Waals surface area (Å²) in [6.07, 6.45) is 1.66. The molecule has 1 amide bonds. The van der Waals surface area contributed by atoms with Crippen LogP contribution in [-0.2, 0) is 10.2 Å². The number of carbonyl (C=O) groups excluding carboxylic acids is 1. The molecule has 0 radical (unpaired) electrons. The summed E-state index contributed by atoms with van der Waals surface area (Å²) < 4.78 is 0. The van der Waals surface area contributed by atoms with E-state index < -0.39 is 0 Å². The van der Waals surface area contributed by atoms with Crippen LogP contribution in [0.1, 0.15) is 37.8 Å². The minimum atomic E-state index is -0.0487. The Morgan fingerprint density at radius 3 is 2.58 bits per heavy atom. The number of carbonyl (C=O) groups is 1. The van der Waals surface area contributed by atoms with Gasteiger partial charge < -0.3 is 11.1 Å². The summed E-state index contributed by atoms with van der Waals surface area (Å²) in [6.45, 7) is 7.12. The largest absolute Gasteiger partial charge is 0.355 e. The lowest BCUT2D eigenvalue weighted by molar-refractivity contribution is -0.128. The smallest absolute Gasteiger partial charge is 0.223 e. The van der Waals surface area contributed by atoms with Crippen LogP contribution in [0.4, 0.5) is 0 Å². The first kappa shape index (κ1) is 14.1. The van der Waals surface area contributed by atoms with Crippen LogP contribution >= 0.6 is 0 Å². The van der Waals surface area contributed by atoms with Crippen LogP contribution in [0.15, 0.2) is 24.3 Å². The van der Waals surface area contributed by atoms with Gasteiger partial charge in [0.15, 0.2) is 0 Å². The molecule has 0 aromatic heterocycles. The minimum absolute atomic E-state index is 0.0487. The van der Waals surface area contributed by atoms with Crippen molar-refractivity contribution in [1.82, 2.24) is 5.32 Å². The van der Waals surface area contributed by atoms with Gasteiger partial charge in [-0.25, -0.2) is 0 Å². The predicted octanol–water partition coefficient (Wildman–Crippen LogP) is 2.13. The predicted molar refractivity (Wildman–Crippen MR) is 77.9 cm³/mol. The molecule has 0 aliphatic heterocycles. The second-order valence-corrected chi connectivity index (χ2v) is 6.35. The van der Waals surface area contributed by atoms with Crippen molar-refractivity contribution < 1.29 is 4.79 Å². The van der Waals surface area contributed by atoms with Crippen LogP contribution < -0.4 is 11.1 Å². The zero-order valence-corrected chi connectivity index (χ0v) is 12.1. The van der Waals surface area contributed by atoms with Gasteiger partial charge in [-0.3, -0.25) is 4.79 Å². The highest BCUT2D eigenvalue weighted by Crippen LogP contribution is 2.28. The van der Waals surface area contributed by atoms with Crippen molar-refractivity contribution in [3.05, 3.63) is 35.4 Å². The van der Waals surface area contributed by atoms with Crippen LogP contribution in [0.25, 0.3) is 0 Å². The Kier molecular flexibility index (Phi) is 3.95. The Morgan fingerprint density at radius 1 is 1.37 bits per heavy atom. The van der Waals surface area contributed by atoms with Crippen molar-refractivity contribution in [2.75, 3.05) is 6.54 Å². The average molecular weight is 260 g/mol. The molecular weight excluding hydrogens is 236 g/mol. The molecule has 3 nitrogen and oxygen atoms in total. The first-order valence-electron chi connectivity index (χ1n) is 6.99. The molecule has 1 saturated carbocycles. The highest BCUT2D eigenvalue weighted by Gasteiger charge is 2.33. The normalized spacial score (nSPS) is 22.7. The Balaban J connectivity index is 1.94. The summed E-state index contributed by atoms with van der Waals surface area (Å²) in [5.41, 5.74) is 8.23. The zero-order chi connectivity index (χ0) is 14.0. The number of amides is 1. The van der Waals surface area contributed by atoms with E-state index in [9.17, 15) is 4.79 Å². The molecule has 19 heavy (non-hydrogen) atoms. The molecule has 0 heterocycles. The quantitative estimate of drug-likeness (QED) is 0.871. The van der Waals surface area contributed by atoms with Crippen molar-refractivity contribution in [3.63, 3.8) is 0 Å². The monoisotopic (exact) mass is 260 g/mol. The molecule has 3 heteroatoms. The molecule has 1 aromatic rings. The standard InChI is InChI=1S/C16H24N2O/c1-11-6-4-5-7-14(11)16(2,3)10-18-15(19)12-8-13(17)9-12/h4-7,12-13H,8-10,17H2,1-3H3,(H,18,19). The van der Waals surface area contributed by atoms with Gasteiger partial charge in [0.1, 0.15) is 0 Å². The van der Waals surface area contributed by atoms with E-state index in [1.807, 2.05) is 6.07 Å². The highest BCUT2D eigenvalue weighted by atomic mass is 16.1. The first-order chi connectivity index (χ1) is 8.90. The highest BCUT2D eigenvalue weighted by molar-refractivity contribution is 5.79. The van der Waals surface area contributed by atoms with Crippen molar-refractivity contribution in [2.45, 2.75) is 45.1 Å². The molecular formula is C16H24N2O. The molecule has 104 valence electrons. The summed E-state index contributed by atoms with van der Waals surface area (Å²) in [6, 6.07) is 8.57. The molecule has 0 unspecified atom stereocenters. The number of rotatable bonds is 4. The van der Waals surface area contributed by atoms with Gasteiger partial charge in [0.25, 0.3) is 0 Å². The van der Waals surface area contributed by atoms with E-state index in [0.717, 1.165) is 12.8 Å². The van der Waals surface area contributed by atoms with E-state index in [1.165, 1.54) is 11.1 Å². The van der Waals surface area contributed by atoms with Gasteiger partial charge >= 0.3 is 0 Å². The molecule has 1 aliphatic rings. The third kappa shape index (κ3) is 3.16. The Labute approximate surface area is 115 Å². The lowest BCUT2D eigenvalue weighted by Crippen LogP contribution is -2.47. The molecule has 0 bridgehead atoms. The summed E-state index contributed by atoms with van der Waals surface area (Å²) >= 11 is 0. The number of hydrogen-bond acceptors (Lipinski definition) is 2. The minimum Gasteiger partial charge on any atom is -0.355 e. The van der Waals surface area contributed by atoms with Gasteiger partial charge in [0.05, 0.1) is 0 Å². The molecule has 2 rings (SSSR count). The SMILES string of the molecule is Cc1ccccc1C(C)(C)CNC(=O)C1CC(N)C1. The van der Waals surface area contributed by atoms with E-state index in [0.29, 0.717) is 6.54 Å². The van der Waals surface area contributed by atoms with E-state index in [2.05, 4.69) is 44.3 Å². The number of hydrogen-bond donors (Lipinski definition) is 2. The summed E-state index contributed by atoms with van der Waals surface area (Å²) in [5.74, 6) is 0.283. The number of benzene rings is 1. The fourth-order valence-corrected chi connectivity index (χ4v) is 2.76. The molecule has 1 aliphatic carbocycles. The number of nitrogens with two attached hydrogens (primary N) is 1. The number of aryl methyl sites for hydroxylation is 1. The molecule has 0 saturated heterocycles. The lowest BCUT2D eigenvalue weighted by atomic mass is 9.79. The summed E-state index contributed by atoms with van der Waals surface area (Å²) in [5, 5.41) is 3.08. The Morgan fingerprint density at radius 2 is 2.00 bits per heavy atom. The maximum atomic E-state index is 12.0. The molecule has 1 aromatic carbocycles. The zero-order valence-electron chi connectivity index (χ0n) is 12.1. The summed E-state index contributed by atoms with van der Waals surface area (Å²) in [4.78, 5) is 12.0. The molecule has 1 fully saturated rings. The maximum Gasteiger partial charge on any atom is 0.223 e. The van der Waals surface area contributed by atoms with Crippen LogP contribution in [0.2, 0.25) is 0 Å². The van der Waals surface area contributed by atoms with Gasteiger partial charge in [0, 0.05) is 23.9 Å². The van der Waals surface area contributed by atoms with Crippen LogP contribution in [0.3, 0.4) is 0 Å². The van der Waals surface area contributed by atoms with Gasteiger partial charge in [-0.1, -0.05) is 38.1 Å². The van der Waals surface area contributed by atoms with E-state index >= 15 is 0 Å². The maximum absolute atomic E-state index is 12.0. The van der Waals surface area contributed by atoms with Crippen LogP contribution in [-0.4, -0.2) is 18.5 Å². The van der Waals surface area contributed by atoms with E-state index in [-0.39, 0.29) is 23.3 Å². The third-order valence-corrected chi connectivity index (χ3v) is 4.12. The third-order valence-electron chi connectivity index (χ3n) is 4.12. The second-order valence-electron chi connectivity index (χ2n) is 6.35. The van der Waals surface area contributed by atoms with E-state index in [1.54, 1.807) is 0 Å². The van der Waals surface area contributed by atoms with Crippen molar-refractivity contribution >= 4 is 5.91 Å². The van der Waals surface area contributed by atoms with Crippen molar-refractivity contribution in [1.29, 1.82) is 0 Å².